The molecule has 0 radical (unpaired) electrons. The van der Waals surface area contributed by atoms with Crippen LogP contribution in [-0.4, -0.2) is 70.2 Å². The summed E-state index contributed by atoms with van der Waals surface area (Å²) in [5.41, 5.74) is 2.46. The summed E-state index contributed by atoms with van der Waals surface area (Å²) in [7, 11) is 0. The molecule has 0 spiro atoms. The average Bonchev–Trinajstić information content (AvgIpc) is 3.80. The lowest BCUT2D eigenvalue weighted by molar-refractivity contribution is 0.0517. The number of hydrogen-bond acceptors (Lipinski definition) is 10. The van der Waals surface area contributed by atoms with Crippen molar-refractivity contribution in [2.75, 3.05) is 26.4 Å². The zero-order valence-electron chi connectivity index (χ0n) is 24.6. The second-order valence-corrected chi connectivity index (χ2v) is 9.38. The van der Waals surface area contributed by atoms with E-state index in [1.54, 1.807) is 76.3 Å². The van der Waals surface area contributed by atoms with Crippen molar-refractivity contribution >= 4 is 70.2 Å². The maximum Gasteiger partial charge on any atom is 0.342 e. The zero-order valence-corrected chi connectivity index (χ0v) is 24.6. The maximum absolute atomic E-state index is 13.3. The molecule has 12 heteroatoms. The highest BCUT2D eigenvalue weighted by molar-refractivity contribution is 6.08. The lowest BCUT2D eigenvalue weighted by Crippen LogP contribution is -2.09. The van der Waals surface area contributed by atoms with Crippen LogP contribution < -0.4 is 0 Å². The molecule has 2 aliphatic rings. The third-order valence-electron chi connectivity index (χ3n) is 6.67. The lowest BCUT2D eigenvalue weighted by atomic mass is 10.2. The van der Waals surface area contributed by atoms with E-state index in [1.807, 2.05) is 0 Å². The summed E-state index contributed by atoms with van der Waals surface area (Å²) in [6, 6.07) is 6.44. The molecule has 0 fully saturated rings. The van der Waals surface area contributed by atoms with E-state index < -0.39 is 23.9 Å². The number of hydrogen-bond donors (Lipinski definition) is 2. The molecule has 0 aliphatic carbocycles. The highest BCUT2D eigenvalue weighted by atomic mass is 16.5. The molecule has 5 heterocycles. The largest absolute Gasteiger partial charge is 0.462 e. The van der Waals surface area contributed by atoms with Crippen LogP contribution in [0, 0.1) is 0 Å². The molecule has 0 saturated heterocycles. The number of rotatable bonds is 8. The number of nitrogens with one attached hydrogen (secondary N) is 2. The first kappa shape index (κ1) is 30.0. The van der Waals surface area contributed by atoms with Gasteiger partial charge >= 0.3 is 23.9 Å². The molecule has 0 unspecified atom stereocenters. The molecule has 0 amide bonds. The summed E-state index contributed by atoms with van der Waals surface area (Å²) in [5.74, 6) is -2.64. The molecule has 12 nitrogen and oxygen atoms in total. The van der Waals surface area contributed by atoms with Gasteiger partial charge in [-0.1, -0.05) is 0 Å². The second kappa shape index (κ2) is 12.8. The monoisotopic (exact) mass is 598 g/mol. The number of carbonyl (C=O) groups excluding carboxylic acids is 4. The number of aromatic amines is 2. The third kappa shape index (κ3) is 5.61. The van der Waals surface area contributed by atoms with Crippen molar-refractivity contribution in [2.24, 2.45) is 0 Å². The molecule has 0 aromatic carbocycles. The van der Waals surface area contributed by atoms with Gasteiger partial charge < -0.3 is 28.9 Å². The lowest BCUT2D eigenvalue weighted by Gasteiger charge is -2.05. The molecule has 8 bridgehead atoms. The Morgan fingerprint density at radius 2 is 0.705 bits per heavy atom. The van der Waals surface area contributed by atoms with Gasteiger partial charge in [0.05, 0.1) is 71.3 Å². The molecule has 2 N–H and O–H groups in total. The van der Waals surface area contributed by atoms with Gasteiger partial charge in [0.1, 0.15) is 22.3 Å². The smallest absolute Gasteiger partial charge is 0.342 e. The molecular formula is C32H30N4O8. The van der Waals surface area contributed by atoms with Crippen LogP contribution >= 0.6 is 0 Å². The van der Waals surface area contributed by atoms with Crippen molar-refractivity contribution in [2.45, 2.75) is 27.7 Å². The first-order valence-electron chi connectivity index (χ1n) is 14.2. The number of aromatic nitrogens is 4. The normalized spacial score (nSPS) is 11.7. The first-order valence-corrected chi connectivity index (χ1v) is 14.2. The molecule has 5 rings (SSSR count). The van der Waals surface area contributed by atoms with Gasteiger partial charge in [0, 0.05) is 0 Å². The molecule has 44 heavy (non-hydrogen) atoms. The van der Waals surface area contributed by atoms with Gasteiger partial charge in [0.15, 0.2) is 0 Å². The van der Waals surface area contributed by atoms with Crippen molar-refractivity contribution in [1.82, 2.24) is 19.9 Å². The molecule has 0 saturated carbocycles. The Morgan fingerprint density at radius 3 is 0.909 bits per heavy atom. The standard InChI is InChI=1S/C32H30N4O8/c1-5-41-29(37)25-17-9-11-19(33-17)26(30(38)42-6-2)21-13-15-23(35-21)28(32(40)44-8-4)24-16-14-22(36-24)27(31(39)43-7-3)20-12-10-18(25)34-20/h9-16,33,36H,5-8H2,1-4H3. The van der Waals surface area contributed by atoms with Crippen LogP contribution in [0.15, 0.2) is 24.3 Å². The topological polar surface area (TPSA) is 163 Å². The van der Waals surface area contributed by atoms with E-state index in [0.29, 0.717) is 22.1 Å². The number of esters is 4. The number of H-pyrrole nitrogens is 2. The van der Waals surface area contributed by atoms with E-state index in [4.69, 9.17) is 18.9 Å². The Bertz CT molecular complexity index is 1630. The highest BCUT2D eigenvalue weighted by Gasteiger charge is 2.25. The Balaban J connectivity index is 2.00. The van der Waals surface area contributed by atoms with Gasteiger partial charge in [0.25, 0.3) is 0 Å². The van der Waals surface area contributed by atoms with Crippen LogP contribution in [0.25, 0.3) is 46.4 Å². The van der Waals surface area contributed by atoms with E-state index in [-0.39, 0.29) is 71.5 Å². The minimum absolute atomic E-state index is 0.0871. The van der Waals surface area contributed by atoms with Crippen LogP contribution in [0.2, 0.25) is 0 Å². The number of nitrogens with zero attached hydrogens (tertiary/aromatic N) is 2. The summed E-state index contributed by atoms with van der Waals surface area (Å²) < 4.78 is 21.4. The van der Waals surface area contributed by atoms with Crippen LogP contribution in [0.3, 0.4) is 0 Å². The van der Waals surface area contributed by atoms with Crippen molar-refractivity contribution in [3.63, 3.8) is 0 Å². The van der Waals surface area contributed by atoms with Gasteiger partial charge in [-0.05, 0) is 76.3 Å². The molecule has 0 atom stereocenters. The maximum atomic E-state index is 13.3. The van der Waals surface area contributed by atoms with E-state index >= 15 is 0 Å². The molecule has 3 aromatic rings. The van der Waals surface area contributed by atoms with Crippen molar-refractivity contribution in [3.8, 4) is 0 Å². The summed E-state index contributed by atoms with van der Waals surface area (Å²) in [5, 5.41) is 0. The zero-order chi connectivity index (χ0) is 31.4. The fraction of sp³-hybridized carbons (Fsp3) is 0.250. The summed E-state index contributed by atoms with van der Waals surface area (Å²) in [6.07, 6.45) is 6.33. The van der Waals surface area contributed by atoms with Crippen LogP contribution in [-0.2, 0) is 18.9 Å². The number of fused-ring (bicyclic) bond motifs is 8. The van der Waals surface area contributed by atoms with Crippen molar-refractivity contribution < 1.29 is 38.1 Å². The predicted molar refractivity (Wildman–Crippen MR) is 163 cm³/mol. The minimum Gasteiger partial charge on any atom is -0.462 e. The predicted octanol–water partition coefficient (Wildman–Crippen LogP) is 5.36. The number of carbonyl (C=O) groups is 4. The van der Waals surface area contributed by atoms with Gasteiger partial charge in [-0.25, -0.2) is 29.1 Å². The Kier molecular flexibility index (Phi) is 8.70. The fourth-order valence-corrected chi connectivity index (χ4v) is 4.88. The minimum atomic E-state index is -0.661. The van der Waals surface area contributed by atoms with Gasteiger partial charge in [-0.2, -0.15) is 0 Å². The highest BCUT2D eigenvalue weighted by Crippen LogP contribution is 2.28. The SMILES string of the molecule is CCOC(=O)c1c2nc(c(C(=O)OCC)c3ccc([nH]3)c(C(=O)OCC)c3nc(c(C(=O)OCC)c4ccc1[nH]4)C=C3)C=C2. The Labute approximate surface area is 251 Å². The average molecular weight is 599 g/mol. The summed E-state index contributed by atoms with van der Waals surface area (Å²) >= 11 is 0. The molecule has 2 aliphatic heterocycles. The van der Waals surface area contributed by atoms with E-state index in [0.717, 1.165) is 0 Å². The fourth-order valence-electron chi connectivity index (χ4n) is 4.88. The summed E-state index contributed by atoms with van der Waals surface area (Å²) in [4.78, 5) is 68.5. The van der Waals surface area contributed by atoms with E-state index in [9.17, 15) is 19.2 Å². The van der Waals surface area contributed by atoms with E-state index in [1.165, 1.54) is 0 Å². The quantitative estimate of drug-likeness (QED) is 0.176. The van der Waals surface area contributed by atoms with E-state index in [2.05, 4.69) is 19.9 Å². The van der Waals surface area contributed by atoms with Crippen LogP contribution in [0.1, 0.15) is 91.9 Å². The van der Waals surface area contributed by atoms with Gasteiger partial charge in [-0.3, -0.25) is 0 Å². The van der Waals surface area contributed by atoms with Gasteiger partial charge in [0.2, 0.25) is 0 Å². The van der Waals surface area contributed by atoms with Crippen molar-refractivity contribution in [1.29, 1.82) is 0 Å². The molecular weight excluding hydrogens is 568 g/mol. The first-order chi connectivity index (χ1) is 21.3. The Hall–Kier alpha value is -5.52. The van der Waals surface area contributed by atoms with Crippen LogP contribution in [0.4, 0.5) is 0 Å². The number of ether oxygens (including phenoxy) is 4. The van der Waals surface area contributed by atoms with Gasteiger partial charge in [-0.15, -0.1) is 0 Å². The second-order valence-electron chi connectivity index (χ2n) is 9.38. The molecule has 3 aromatic heterocycles. The molecule has 226 valence electrons. The van der Waals surface area contributed by atoms with Crippen LogP contribution in [0.5, 0.6) is 0 Å². The Morgan fingerprint density at radius 1 is 0.477 bits per heavy atom. The third-order valence-corrected chi connectivity index (χ3v) is 6.67. The summed E-state index contributed by atoms with van der Waals surface area (Å²) in [6.45, 7) is 7.15. The van der Waals surface area contributed by atoms with Crippen molar-refractivity contribution in [3.05, 3.63) is 69.3 Å².